The summed E-state index contributed by atoms with van der Waals surface area (Å²) in [4.78, 5) is 0. The summed E-state index contributed by atoms with van der Waals surface area (Å²) in [5.74, 6) is -14.0. The van der Waals surface area contributed by atoms with Gasteiger partial charge in [0.05, 0.1) is 39.0 Å². The minimum atomic E-state index is -5.73. The van der Waals surface area contributed by atoms with Crippen LogP contribution >= 0.6 is 0 Å². The van der Waals surface area contributed by atoms with Crippen molar-refractivity contribution in [2.75, 3.05) is 0 Å². The van der Waals surface area contributed by atoms with E-state index in [0.717, 1.165) is 42.5 Å². The van der Waals surface area contributed by atoms with Crippen molar-refractivity contribution in [3.05, 3.63) is 120 Å². The third kappa shape index (κ3) is 5.57. The largest absolute Gasteiger partial charge is 0.417 e. The summed E-state index contributed by atoms with van der Waals surface area (Å²) in [6.45, 7) is 0. The van der Waals surface area contributed by atoms with Gasteiger partial charge in [-0.25, -0.2) is 26.3 Å². The molecule has 1 aliphatic carbocycles. The SMILES string of the molecule is N#CC(=C1C(=C(C#N)c2c(F)c(F)c(C#N)c(C#N)c2F)C1=C(C#N)c1c(F)c(F)c(C#N)c(C#N)c1F)c1c(C(F)(F)F)cccc1C(F)(F)F. The lowest BCUT2D eigenvalue weighted by molar-refractivity contribution is -0.143. The number of hydrogen-bond acceptors (Lipinski definition) is 7. The fraction of sp³-hybridized carbons (Fsp3) is 0.0606. The molecule has 3 aromatic carbocycles. The predicted octanol–water partition coefficient (Wildman–Crippen LogP) is 8.29. The fourth-order valence-electron chi connectivity index (χ4n) is 5.12. The topological polar surface area (TPSA) is 167 Å². The standard InChI is InChI=1S/C33H3F12N7/c34-26-11(4-46)13(6-48)28(36)30(38)24(26)16(9-51)22-21(15(8-50)20-18(32(40,41)42)2-1-3-19(20)33(43,44)45)23(22)17(10-52)25-27(35)12(5-47)14(7-49)29(37)31(25)39/h1-3H. The molecule has 254 valence electrons. The number of rotatable bonds is 3. The van der Waals surface area contributed by atoms with Crippen molar-refractivity contribution in [3.63, 3.8) is 0 Å². The van der Waals surface area contributed by atoms with Crippen LogP contribution < -0.4 is 0 Å². The molecule has 0 N–H and O–H groups in total. The van der Waals surface area contributed by atoms with Crippen LogP contribution in [0.1, 0.15) is 50.1 Å². The van der Waals surface area contributed by atoms with Gasteiger partial charge >= 0.3 is 12.4 Å². The van der Waals surface area contributed by atoms with Crippen LogP contribution in [0.4, 0.5) is 52.7 Å². The van der Waals surface area contributed by atoms with Crippen molar-refractivity contribution in [3.8, 4) is 42.5 Å². The van der Waals surface area contributed by atoms with Crippen molar-refractivity contribution in [2.45, 2.75) is 12.4 Å². The van der Waals surface area contributed by atoms with E-state index in [0.29, 0.717) is 0 Å². The molecule has 0 amide bonds. The first-order valence-electron chi connectivity index (χ1n) is 13.1. The number of alkyl halides is 6. The highest BCUT2D eigenvalue weighted by Crippen LogP contribution is 2.58. The van der Waals surface area contributed by atoms with E-state index in [1.165, 1.54) is 0 Å². The number of hydrogen-bond donors (Lipinski definition) is 0. The molecule has 0 atom stereocenters. The van der Waals surface area contributed by atoms with Crippen molar-refractivity contribution in [1.29, 1.82) is 36.8 Å². The van der Waals surface area contributed by atoms with Gasteiger partial charge in [0, 0.05) is 22.3 Å². The Morgan fingerprint density at radius 3 is 0.923 bits per heavy atom. The Labute approximate surface area is 281 Å². The van der Waals surface area contributed by atoms with Gasteiger partial charge in [-0.1, -0.05) is 6.07 Å². The second-order valence-electron chi connectivity index (χ2n) is 9.89. The first kappa shape index (κ1) is 37.3. The molecule has 1 aliphatic rings. The molecule has 7 nitrogen and oxygen atoms in total. The number of nitrogens with zero attached hydrogens (tertiary/aromatic N) is 7. The Morgan fingerprint density at radius 2 is 0.673 bits per heavy atom. The molecule has 1 saturated carbocycles. The van der Waals surface area contributed by atoms with Gasteiger partial charge in [0.15, 0.2) is 34.9 Å². The maximum atomic E-state index is 15.6. The highest BCUT2D eigenvalue weighted by atomic mass is 19.4. The molecule has 0 bridgehead atoms. The van der Waals surface area contributed by atoms with Gasteiger partial charge in [0.25, 0.3) is 0 Å². The summed E-state index contributed by atoms with van der Waals surface area (Å²) in [5, 5.41) is 66.9. The van der Waals surface area contributed by atoms with Crippen LogP contribution in [-0.4, -0.2) is 0 Å². The van der Waals surface area contributed by atoms with Crippen LogP contribution in [0.25, 0.3) is 16.7 Å². The zero-order valence-electron chi connectivity index (χ0n) is 24.4. The molecule has 0 radical (unpaired) electrons. The Hall–Kier alpha value is -7.53. The fourth-order valence-corrected chi connectivity index (χ4v) is 5.12. The average molecular weight is 725 g/mol. The normalized spacial score (nSPS) is 14.1. The number of halogens is 12. The molecule has 0 aliphatic heterocycles. The Kier molecular flexibility index (Phi) is 9.37. The molecule has 0 saturated heterocycles. The highest BCUT2D eigenvalue weighted by Gasteiger charge is 2.48. The van der Waals surface area contributed by atoms with E-state index in [9.17, 15) is 61.4 Å². The first-order chi connectivity index (χ1) is 24.3. The van der Waals surface area contributed by atoms with E-state index in [1.807, 2.05) is 0 Å². The second kappa shape index (κ2) is 13.1. The van der Waals surface area contributed by atoms with Gasteiger partial charge in [-0.3, -0.25) is 0 Å². The lowest BCUT2D eigenvalue weighted by atomic mass is 9.92. The maximum Gasteiger partial charge on any atom is 0.417 e. The number of allylic oxidation sites excluding steroid dienone is 6. The van der Waals surface area contributed by atoms with Gasteiger partial charge in [-0.2, -0.15) is 63.2 Å². The Balaban J connectivity index is 2.45. The molecular formula is C33H3F12N7. The van der Waals surface area contributed by atoms with Gasteiger partial charge in [0.2, 0.25) is 0 Å². The van der Waals surface area contributed by atoms with E-state index in [4.69, 9.17) is 10.5 Å². The summed E-state index contributed by atoms with van der Waals surface area (Å²) >= 11 is 0. The van der Waals surface area contributed by atoms with Crippen LogP contribution in [0.15, 0.2) is 34.9 Å². The second-order valence-corrected chi connectivity index (χ2v) is 9.89. The summed E-state index contributed by atoms with van der Waals surface area (Å²) in [5.41, 5.74) is -26.3. The number of nitriles is 7. The van der Waals surface area contributed by atoms with E-state index >= 15 is 17.6 Å². The van der Waals surface area contributed by atoms with Crippen molar-refractivity contribution in [2.24, 2.45) is 0 Å². The Morgan fingerprint density at radius 1 is 0.404 bits per heavy atom. The van der Waals surface area contributed by atoms with E-state index in [1.54, 1.807) is 0 Å². The molecule has 0 aromatic heterocycles. The highest BCUT2D eigenvalue weighted by molar-refractivity contribution is 6.12. The lowest BCUT2D eigenvalue weighted by Crippen LogP contribution is -2.16. The molecule has 19 heteroatoms. The summed E-state index contributed by atoms with van der Waals surface area (Å²) in [6.07, 6.45) is -11.5. The van der Waals surface area contributed by atoms with E-state index < -0.39 is 131 Å². The minimum absolute atomic E-state index is 0.0388. The monoisotopic (exact) mass is 725 g/mol. The third-order valence-electron chi connectivity index (χ3n) is 7.29. The van der Waals surface area contributed by atoms with Crippen LogP contribution in [0.2, 0.25) is 0 Å². The zero-order valence-corrected chi connectivity index (χ0v) is 24.4. The van der Waals surface area contributed by atoms with Gasteiger partial charge < -0.3 is 0 Å². The third-order valence-corrected chi connectivity index (χ3v) is 7.29. The van der Waals surface area contributed by atoms with E-state index in [-0.39, 0.29) is 18.2 Å². The van der Waals surface area contributed by atoms with Crippen molar-refractivity contribution in [1.82, 2.24) is 0 Å². The molecule has 1 fully saturated rings. The van der Waals surface area contributed by atoms with Crippen molar-refractivity contribution >= 4 is 16.7 Å². The molecule has 3 aromatic rings. The first-order valence-corrected chi connectivity index (χ1v) is 13.1. The molecule has 0 heterocycles. The average Bonchev–Trinajstić information content (AvgIpc) is 3.80. The molecule has 0 unspecified atom stereocenters. The Bertz CT molecular complexity index is 2420. The summed E-state index contributed by atoms with van der Waals surface area (Å²) in [6, 6.07) is 7.23. The van der Waals surface area contributed by atoms with E-state index in [2.05, 4.69) is 0 Å². The summed E-state index contributed by atoms with van der Waals surface area (Å²) < 4.78 is 177. The smallest absolute Gasteiger partial charge is 0.205 e. The van der Waals surface area contributed by atoms with Crippen LogP contribution in [0.3, 0.4) is 0 Å². The summed E-state index contributed by atoms with van der Waals surface area (Å²) in [7, 11) is 0. The maximum absolute atomic E-state index is 15.6. The lowest BCUT2D eigenvalue weighted by Gasteiger charge is -2.18. The number of benzene rings is 3. The van der Waals surface area contributed by atoms with Crippen molar-refractivity contribution < 1.29 is 52.7 Å². The quantitative estimate of drug-likeness (QED) is 0.149. The predicted molar refractivity (Wildman–Crippen MR) is 146 cm³/mol. The zero-order chi connectivity index (χ0) is 39.2. The minimum Gasteiger partial charge on any atom is -0.205 e. The van der Waals surface area contributed by atoms with Gasteiger partial charge in [-0.15, -0.1) is 0 Å². The molecule has 0 spiro atoms. The molecule has 4 rings (SSSR count). The molecular weight excluding hydrogens is 722 g/mol. The van der Waals surface area contributed by atoms with Gasteiger partial charge in [0.1, 0.15) is 64.7 Å². The van der Waals surface area contributed by atoms with Crippen LogP contribution in [0, 0.1) is 114 Å². The van der Waals surface area contributed by atoms with Crippen LogP contribution in [-0.2, 0) is 12.4 Å². The molecule has 52 heavy (non-hydrogen) atoms. The van der Waals surface area contributed by atoms with Crippen LogP contribution in [0.5, 0.6) is 0 Å². The van der Waals surface area contributed by atoms with Gasteiger partial charge in [-0.05, 0) is 12.1 Å².